The average molecular weight is 234 g/mol. The summed E-state index contributed by atoms with van der Waals surface area (Å²) in [5.41, 5.74) is 11.3. The van der Waals surface area contributed by atoms with E-state index in [9.17, 15) is 0 Å². The monoisotopic (exact) mass is 234 g/mol. The molecule has 0 heterocycles. The second kappa shape index (κ2) is 5.09. The van der Waals surface area contributed by atoms with Crippen molar-refractivity contribution in [3.8, 4) is 0 Å². The molecule has 17 heavy (non-hydrogen) atoms. The van der Waals surface area contributed by atoms with Crippen molar-refractivity contribution >= 4 is 5.69 Å². The molecule has 0 fully saturated rings. The van der Waals surface area contributed by atoms with Crippen LogP contribution in [0.4, 0.5) is 5.69 Å². The maximum Gasteiger partial charge on any atom is 0.0423 e. The Bertz CT molecular complexity index is 365. The Morgan fingerprint density at radius 3 is 2.00 bits per heavy atom. The molecule has 0 atom stereocenters. The van der Waals surface area contributed by atoms with Gasteiger partial charge in [0.1, 0.15) is 0 Å². The first kappa shape index (κ1) is 14.0. The fourth-order valence-electron chi connectivity index (χ4n) is 2.34. The molecular weight excluding hydrogens is 208 g/mol. The van der Waals surface area contributed by atoms with Gasteiger partial charge >= 0.3 is 0 Å². The highest BCUT2D eigenvalue weighted by Gasteiger charge is 2.14. The number of hydrogen-bond acceptors (Lipinski definition) is 2. The van der Waals surface area contributed by atoms with Gasteiger partial charge in [-0.3, -0.25) is 0 Å². The SMILES string of the molecule is Cc1cc(C)c(N(C)CCC(C)(C)N)c(C)c1. The number of nitrogens with two attached hydrogens (primary N) is 1. The van der Waals surface area contributed by atoms with Gasteiger partial charge in [0.05, 0.1) is 0 Å². The fourth-order valence-corrected chi connectivity index (χ4v) is 2.34. The third-order valence-corrected chi connectivity index (χ3v) is 3.11. The molecule has 0 aliphatic heterocycles. The molecule has 0 radical (unpaired) electrons. The zero-order valence-corrected chi connectivity index (χ0v) is 12.1. The number of benzene rings is 1. The molecule has 2 N–H and O–H groups in total. The van der Waals surface area contributed by atoms with Crippen LogP contribution in [0.25, 0.3) is 0 Å². The molecule has 1 aromatic carbocycles. The number of hydrogen-bond donors (Lipinski definition) is 1. The minimum atomic E-state index is -0.0965. The predicted molar refractivity (Wildman–Crippen MR) is 76.8 cm³/mol. The summed E-state index contributed by atoms with van der Waals surface area (Å²) in [6.07, 6.45) is 0.996. The topological polar surface area (TPSA) is 29.3 Å². The number of anilines is 1. The van der Waals surface area contributed by atoms with Crippen LogP contribution in [0.1, 0.15) is 37.0 Å². The summed E-state index contributed by atoms with van der Waals surface area (Å²) in [5, 5.41) is 0. The molecular formula is C15H26N2. The smallest absolute Gasteiger partial charge is 0.0423 e. The third-order valence-electron chi connectivity index (χ3n) is 3.11. The molecule has 0 bridgehead atoms. The predicted octanol–water partition coefficient (Wildman–Crippen LogP) is 3.18. The second-order valence-electron chi connectivity index (χ2n) is 5.91. The van der Waals surface area contributed by atoms with Gasteiger partial charge in [-0.25, -0.2) is 0 Å². The number of nitrogens with zero attached hydrogens (tertiary/aromatic N) is 1. The molecule has 0 spiro atoms. The van der Waals surface area contributed by atoms with E-state index < -0.39 is 0 Å². The summed E-state index contributed by atoms with van der Waals surface area (Å²) >= 11 is 0. The van der Waals surface area contributed by atoms with Gasteiger partial charge in [-0.1, -0.05) is 17.7 Å². The quantitative estimate of drug-likeness (QED) is 0.867. The van der Waals surface area contributed by atoms with Crippen molar-refractivity contribution in [3.63, 3.8) is 0 Å². The van der Waals surface area contributed by atoms with E-state index in [0.29, 0.717) is 0 Å². The fraction of sp³-hybridized carbons (Fsp3) is 0.600. The molecule has 0 amide bonds. The minimum Gasteiger partial charge on any atom is -0.374 e. The van der Waals surface area contributed by atoms with Gasteiger partial charge in [0.2, 0.25) is 0 Å². The van der Waals surface area contributed by atoms with Crippen molar-refractivity contribution in [3.05, 3.63) is 28.8 Å². The highest BCUT2D eigenvalue weighted by molar-refractivity contribution is 5.59. The molecule has 1 rings (SSSR count). The molecule has 1 aromatic rings. The highest BCUT2D eigenvalue weighted by Crippen LogP contribution is 2.25. The maximum atomic E-state index is 6.04. The van der Waals surface area contributed by atoms with Crippen LogP contribution in [-0.2, 0) is 0 Å². The van der Waals surface area contributed by atoms with Gasteiger partial charge < -0.3 is 10.6 Å². The van der Waals surface area contributed by atoms with E-state index in [2.05, 4.69) is 58.7 Å². The van der Waals surface area contributed by atoms with E-state index in [4.69, 9.17) is 5.73 Å². The zero-order valence-electron chi connectivity index (χ0n) is 12.1. The Kier molecular flexibility index (Phi) is 4.21. The van der Waals surface area contributed by atoms with Crippen molar-refractivity contribution in [2.24, 2.45) is 5.73 Å². The van der Waals surface area contributed by atoms with Crippen molar-refractivity contribution < 1.29 is 0 Å². The van der Waals surface area contributed by atoms with Crippen LogP contribution in [0.15, 0.2) is 12.1 Å². The van der Waals surface area contributed by atoms with E-state index in [1.807, 2.05) is 0 Å². The van der Waals surface area contributed by atoms with Gasteiger partial charge in [0, 0.05) is 24.8 Å². The third kappa shape index (κ3) is 4.04. The van der Waals surface area contributed by atoms with Crippen molar-refractivity contribution in [1.82, 2.24) is 0 Å². The first-order valence-corrected chi connectivity index (χ1v) is 6.28. The molecule has 96 valence electrons. The highest BCUT2D eigenvalue weighted by atomic mass is 15.1. The van der Waals surface area contributed by atoms with Crippen molar-refractivity contribution in [1.29, 1.82) is 0 Å². The second-order valence-corrected chi connectivity index (χ2v) is 5.91. The molecule has 0 aromatic heterocycles. The molecule has 2 heteroatoms. The molecule has 2 nitrogen and oxygen atoms in total. The lowest BCUT2D eigenvalue weighted by atomic mass is 10.0. The molecule has 0 unspecified atom stereocenters. The van der Waals surface area contributed by atoms with Crippen LogP contribution >= 0.6 is 0 Å². The van der Waals surface area contributed by atoms with E-state index in [1.54, 1.807) is 0 Å². The van der Waals surface area contributed by atoms with Crippen LogP contribution < -0.4 is 10.6 Å². The van der Waals surface area contributed by atoms with Crippen LogP contribution in [0.3, 0.4) is 0 Å². The van der Waals surface area contributed by atoms with Gasteiger partial charge in [-0.2, -0.15) is 0 Å². The Balaban J connectivity index is 2.86. The standard InChI is InChI=1S/C15H26N2/c1-11-9-12(2)14(13(3)10-11)17(6)8-7-15(4,5)16/h9-10H,7-8,16H2,1-6H3. The molecule has 0 aliphatic carbocycles. The minimum absolute atomic E-state index is 0.0965. The molecule has 0 aliphatic rings. The van der Waals surface area contributed by atoms with Crippen molar-refractivity contribution in [2.45, 2.75) is 46.6 Å². The Morgan fingerprint density at radius 1 is 1.12 bits per heavy atom. The lowest BCUT2D eigenvalue weighted by Crippen LogP contribution is -2.36. The number of aryl methyl sites for hydroxylation is 3. The van der Waals surface area contributed by atoms with Crippen LogP contribution in [0.2, 0.25) is 0 Å². The van der Waals surface area contributed by atoms with Crippen LogP contribution in [0, 0.1) is 20.8 Å². The largest absolute Gasteiger partial charge is 0.374 e. The lowest BCUT2D eigenvalue weighted by Gasteiger charge is -2.28. The summed E-state index contributed by atoms with van der Waals surface area (Å²) in [5.74, 6) is 0. The molecule has 0 saturated carbocycles. The summed E-state index contributed by atoms with van der Waals surface area (Å²) in [7, 11) is 2.15. The Hall–Kier alpha value is -1.02. The van der Waals surface area contributed by atoms with Crippen LogP contribution in [-0.4, -0.2) is 19.1 Å². The van der Waals surface area contributed by atoms with Gasteiger partial charge in [-0.15, -0.1) is 0 Å². The summed E-state index contributed by atoms with van der Waals surface area (Å²) in [4.78, 5) is 2.32. The van der Waals surface area contributed by atoms with E-state index in [1.165, 1.54) is 22.4 Å². The summed E-state index contributed by atoms with van der Waals surface area (Å²) in [6, 6.07) is 4.48. The van der Waals surface area contributed by atoms with E-state index >= 15 is 0 Å². The molecule has 0 saturated heterocycles. The van der Waals surface area contributed by atoms with E-state index in [-0.39, 0.29) is 5.54 Å². The number of rotatable bonds is 4. The first-order valence-electron chi connectivity index (χ1n) is 6.28. The lowest BCUT2D eigenvalue weighted by molar-refractivity contribution is 0.479. The summed E-state index contributed by atoms with van der Waals surface area (Å²) < 4.78 is 0. The summed E-state index contributed by atoms with van der Waals surface area (Å²) in [6.45, 7) is 11.7. The maximum absolute atomic E-state index is 6.04. The van der Waals surface area contributed by atoms with Gasteiger partial charge in [0.15, 0.2) is 0 Å². The van der Waals surface area contributed by atoms with Gasteiger partial charge in [-0.05, 0) is 52.2 Å². The van der Waals surface area contributed by atoms with Crippen molar-refractivity contribution in [2.75, 3.05) is 18.5 Å². The zero-order chi connectivity index (χ0) is 13.2. The van der Waals surface area contributed by atoms with Gasteiger partial charge in [0.25, 0.3) is 0 Å². The normalized spacial score (nSPS) is 11.7. The van der Waals surface area contributed by atoms with E-state index in [0.717, 1.165) is 13.0 Å². The van der Waals surface area contributed by atoms with Crippen LogP contribution in [0.5, 0.6) is 0 Å². The first-order chi connectivity index (χ1) is 7.70. The average Bonchev–Trinajstić information content (AvgIpc) is 2.11. The Morgan fingerprint density at radius 2 is 1.59 bits per heavy atom. The Labute approximate surface area is 106 Å².